The van der Waals surface area contributed by atoms with Gasteiger partial charge in [-0.1, -0.05) is 79.7 Å². The van der Waals surface area contributed by atoms with Gasteiger partial charge in [0.25, 0.3) is 0 Å². The lowest BCUT2D eigenvalue weighted by Crippen LogP contribution is -2.49. The minimum Gasteiger partial charge on any atom is -0.478 e. The Morgan fingerprint density at radius 1 is 0.343 bits per heavy atom. The van der Waals surface area contributed by atoms with Gasteiger partial charge in [0.05, 0.1) is 83.3 Å². The van der Waals surface area contributed by atoms with E-state index >= 15 is 0 Å². The number of carbonyl (C=O) groups excluding carboxylic acids is 2. The quantitative estimate of drug-likeness (QED) is 0.301. The zero-order valence-electron chi connectivity index (χ0n) is 40.3. The number of aliphatic hydroxyl groups excluding tert-OH is 2. The number of carbonyl (C=O) groups is 4. The van der Waals surface area contributed by atoms with Crippen LogP contribution in [0.3, 0.4) is 0 Å². The summed E-state index contributed by atoms with van der Waals surface area (Å²) in [6.45, 7) is 16.8. The molecule has 2 aromatic rings. The maximum atomic E-state index is 12.5. The molecule has 0 aliphatic carbocycles. The second-order valence-corrected chi connectivity index (χ2v) is 21.8. The van der Waals surface area contributed by atoms with E-state index in [1.807, 2.05) is 13.8 Å². The largest absolute Gasteiger partial charge is 0.478 e. The maximum Gasteiger partial charge on any atom is 0.339 e. The third kappa shape index (κ3) is 7.32. The molecule has 16 aliphatic heterocycles. The van der Waals surface area contributed by atoms with Crippen LogP contribution in [-0.4, -0.2) is 166 Å². The Hall–Kier alpha value is -4.08. The Balaban J connectivity index is 0.000000106. The van der Waals surface area contributed by atoms with E-state index in [9.17, 15) is 39.6 Å². The Labute approximate surface area is 405 Å². The van der Waals surface area contributed by atoms with Gasteiger partial charge < -0.3 is 67.8 Å². The molecule has 4 N–H and O–H groups in total. The highest BCUT2D eigenvalue weighted by Crippen LogP contribution is 2.54. The van der Waals surface area contributed by atoms with Gasteiger partial charge in [-0.3, -0.25) is 0 Å². The Morgan fingerprint density at radius 3 is 0.900 bits per heavy atom. The molecule has 16 saturated heterocycles. The van der Waals surface area contributed by atoms with Crippen molar-refractivity contribution >= 4 is 23.9 Å². The first-order chi connectivity index (χ1) is 33.4. The fourth-order valence-electron chi connectivity index (χ4n) is 14.4. The molecule has 16 aliphatic rings. The van der Waals surface area contributed by atoms with Crippen LogP contribution in [-0.2, 0) is 47.4 Å². The van der Waals surface area contributed by atoms with Crippen molar-refractivity contribution < 1.29 is 87.0 Å². The van der Waals surface area contributed by atoms with Crippen LogP contribution in [0.5, 0.6) is 0 Å². The predicted molar refractivity (Wildman–Crippen MR) is 240 cm³/mol. The molecule has 16 heterocycles. The summed E-state index contributed by atoms with van der Waals surface area (Å²) in [5.41, 5.74) is -0.0162. The number of carboxylic acids is 2. The molecule has 70 heavy (non-hydrogen) atoms. The molecule has 18 nitrogen and oxygen atoms in total. The topological polar surface area (TPSA) is 241 Å². The van der Waals surface area contributed by atoms with Crippen LogP contribution >= 0.6 is 0 Å². The minimum atomic E-state index is -1.15. The summed E-state index contributed by atoms with van der Waals surface area (Å²) >= 11 is 0. The average molecular weight is 977 g/mol. The molecule has 18 rings (SSSR count). The minimum absolute atomic E-state index is 0.0359. The average Bonchev–Trinajstić information content (AvgIpc) is 4.18. The lowest BCUT2D eigenvalue weighted by molar-refractivity contribution is -0.152. The van der Waals surface area contributed by atoms with E-state index in [-0.39, 0.29) is 144 Å². The van der Waals surface area contributed by atoms with Crippen molar-refractivity contribution in [2.45, 2.75) is 177 Å². The van der Waals surface area contributed by atoms with Crippen molar-refractivity contribution in [2.24, 2.45) is 47.3 Å². The van der Waals surface area contributed by atoms with Crippen LogP contribution in [0.25, 0.3) is 0 Å². The van der Waals surface area contributed by atoms with Gasteiger partial charge in [-0.2, -0.15) is 0 Å². The Morgan fingerprint density at radius 2 is 0.586 bits per heavy atom. The summed E-state index contributed by atoms with van der Waals surface area (Å²) < 4.78 is 58.0. The molecule has 2 aromatic carbocycles. The number of ether oxygens (including phenoxy) is 10. The van der Waals surface area contributed by atoms with E-state index in [2.05, 4.69) is 41.5 Å². The third-order valence-corrected chi connectivity index (χ3v) is 18.0. The first-order valence-corrected chi connectivity index (χ1v) is 25.0. The van der Waals surface area contributed by atoms with Crippen molar-refractivity contribution in [1.82, 2.24) is 0 Å². The molecule has 380 valence electrons. The molecule has 0 spiro atoms. The first-order valence-electron chi connectivity index (χ1n) is 25.0. The SMILES string of the molecule is C[C@@H]1[C@@H]2OC3[C@@H](O)[C@H]1O[C@@H]3[C@H]2C.C[C@@H]1[C@@H]2O[C@H]3[C@H](O)[C@H](O[C@@H]13)[C@H]2C.C[C@@H]1[C@@H]2O[C@H]3[C@H](OC(=O)c4ccccc4C(=O)O)[C@H](O[C@@H]13)[C@H]2C.C[C@H]1C2O[C@H]3C1O[C@H]([C@@H]3OC(=O)c1ccccc1C(=O)O)[C@@H]2C. The fourth-order valence-corrected chi connectivity index (χ4v) is 14.4. The third-order valence-electron chi connectivity index (χ3n) is 18.0. The summed E-state index contributed by atoms with van der Waals surface area (Å²) in [7, 11) is 0. The second kappa shape index (κ2) is 17.8. The van der Waals surface area contributed by atoms with Crippen LogP contribution < -0.4 is 0 Å². The summed E-state index contributed by atoms with van der Waals surface area (Å²) in [6.07, 6.45) is -1.44. The number of esters is 2. The van der Waals surface area contributed by atoms with E-state index in [1.54, 1.807) is 24.3 Å². The van der Waals surface area contributed by atoms with Crippen molar-refractivity contribution in [3.8, 4) is 0 Å². The molecule has 0 radical (unpaired) electrons. The fraction of sp³-hybridized carbons (Fsp3) is 0.692. The molecule has 3 unspecified atom stereocenters. The number of carboxylic acid groups (broad SMARTS) is 2. The monoisotopic (exact) mass is 976 g/mol. The number of hydrogen-bond donors (Lipinski definition) is 4. The van der Waals surface area contributed by atoms with Gasteiger partial charge in [-0.25, -0.2) is 19.2 Å². The standard InChI is InChI=1S/2C17H18O6.2C9H14O3/c2*1-7-11-8(2)13-15(14(21-11)12(7)22-13)23-17(20)10-6-4-3-5-9(10)16(18)19;2*1-3-6-4(2)8-9(11-6)5(10)7(3)12-8/h2*3-8,11-15H,1-2H3,(H,18,19);2*3-10H,1-2H3/t7-,8+,11?,12?,13-,14-,15-;7-,8+,11+,12+,13-,14-,15-;3-,4+,5+,6+,7+,8-,9?;3-,4+,5+,6+,7+,8-,9-/m0110/s1. The summed E-state index contributed by atoms with van der Waals surface area (Å²) in [5.74, 6) is -1.12. The Kier molecular flexibility index (Phi) is 12.3. The Bertz CT molecular complexity index is 2150. The van der Waals surface area contributed by atoms with Gasteiger partial charge in [0.15, 0.2) is 12.2 Å². The van der Waals surface area contributed by atoms with Gasteiger partial charge in [0.1, 0.15) is 48.8 Å². The molecule has 28 atom stereocenters. The van der Waals surface area contributed by atoms with Crippen LogP contribution in [0.2, 0.25) is 0 Å². The predicted octanol–water partition coefficient (Wildman–Crippen LogP) is 3.80. The molecule has 16 bridgehead atoms. The van der Waals surface area contributed by atoms with E-state index in [1.165, 1.54) is 24.3 Å². The van der Waals surface area contributed by atoms with E-state index in [4.69, 9.17) is 47.4 Å². The van der Waals surface area contributed by atoms with Crippen molar-refractivity contribution in [1.29, 1.82) is 0 Å². The van der Waals surface area contributed by atoms with Crippen molar-refractivity contribution in [2.75, 3.05) is 0 Å². The maximum absolute atomic E-state index is 12.5. The molecular formula is C52H64O18. The zero-order chi connectivity index (χ0) is 49.5. The zero-order valence-corrected chi connectivity index (χ0v) is 40.3. The van der Waals surface area contributed by atoms with Crippen LogP contribution in [0, 0.1) is 47.3 Å². The van der Waals surface area contributed by atoms with E-state index < -0.39 is 36.1 Å². The number of aromatic carboxylic acids is 2. The van der Waals surface area contributed by atoms with E-state index in [0.717, 1.165) is 0 Å². The van der Waals surface area contributed by atoms with Gasteiger partial charge >= 0.3 is 23.9 Å². The van der Waals surface area contributed by atoms with Crippen LogP contribution in [0.15, 0.2) is 48.5 Å². The van der Waals surface area contributed by atoms with Gasteiger partial charge in [0, 0.05) is 47.3 Å². The number of aliphatic hydroxyl groups is 2. The second-order valence-electron chi connectivity index (χ2n) is 21.8. The van der Waals surface area contributed by atoms with Crippen molar-refractivity contribution in [3.63, 3.8) is 0 Å². The number of rotatable bonds is 6. The summed E-state index contributed by atoms with van der Waals surface area (Å²) in [5, 5.41) is 37.9. The van der Waals surface area contributed by atoms with Crippen LogP contribution in [0.4, 0.5) is 0 Å². The molecule has 18 heteroatoms. The van der Waals surface area contributed by atoms with Gasteiger partial charge in [0.2, 0.25) is 0 Å². The summed E-state index contributed by atoms with van der Waals surface area (Å²) in [4.78, 5) is 47.4. The van der Waals surface area contributed by atoms with Crippen molar-refractivity contribution in [3.05, 3.63) is 70.8 Å². The van der Waals surface area contributed by atoms with Gasteiger partial charge in [-0.15, -0.1) is 0 Å². The first kappa shape index (κ1) is 48.2. The number of benzene rings is 2. The highest BCUT2D eigenvalue weighted by Gasteiger charge is 2.67. The lowest BCUT2D eigenvalue weighted by Gasteiger charge is -2.38. The highest BCUT2D eigenvalue weighted by atomic mass is 16.7. The normalized spacial score (nSPS) is 49.7. The molecule has 0 saturated carbocycles. The van der Waals surface area contributed by atoms with Crippen LogP contribution in [0.1, 0.15) is 96.8 Å². The van der Waals surface area contributed by atoms with E-state index in [0.29, 0.717) is 35.9 Å². The lowest BCUT2D eigenvalue weighted by atomic mass is 9.87. The molecule has 0 aromatic heterocycles. The van der Waals surface area contributed by atoms with Gasteiger partial charge in [-0.05, 0) is 24.3 Å². The highest BCUT2D eigenvalue weighted by molar-refractivity contribution is 6.03. The number of hydrogen-bond acceptors (Lipinski definition) is 16. The smallest absolute Gasteiger partial charge is 0.339 e. The molecule has 0 amide bonds. The molecule has 16 fully saturated rings. The summed E-state index contributed by atoms with van der Waals surface area (Å²) in [6, 6.07) is 12.1. The molecular weight excluding hydrogens is 913 g/mol.